The highest BCUT2D eigenvalue weighted by atomic mass is 16.3. The second-order valence-corrected chi connectivity index (χ2v) is 9.73. The van der Waals surface area contributed by atoms with E-state index in [-0.39, 0.29) is 11.9 Å². The molecule has 0 saturated carbocycles. The predicted molar refractivity (Wildman–Crippen MR) is 153 cm³/mol. The fourth-order valence-electron chi connectivity index (χ4n) is 4.17. The van der Waals surface area contributed by atoms with Gasteiger partial charge in [0.2, 0.25) is 5.91 Å². The molecule has 0 fully saturated rings. The molecule has 0 aliphatic rings. The van der Waals surface area contributed by atoms with Gasteiger partial charge in [0, 0.05) is 23.6 Å². The van der Waals surface area contributed by atoms with Gasteiger partial charge in [-0.2, -0.15) is 0 Å². The smallest absolute Gasteiger partial charge is 0.304 e. The standard InChI is InChI=1S/C33H31N3O3/c1-24(25-11-6-4-7-12-25)35-32(38)31(28-15-10-22-34-23-28)36(30(37)20-21-33(2,3)39)29-18-16-27(17-19-29)26-13-8-5-9-14-26/h4-19,22-24,31,39H,1-3H3,(H,35,38)/t24-,31?/m0/s1. The van der Waals surface area contributed by atoms with Gasteiger partial charge in [-0.15, -0.1) is 0 Å². The monoisotopic (exact) mass is 517 g/mol. The number of benzene rings is 3. The van der Waals surface area contributed by atoms with Crippen LogP contribution in [0.1, 0.15) is 44.0 Å². The molecule has 0 aliphatic heterocycles. The molecular weight excluding hydrogens is 486 g/mol. The topological polar surface area (TPSA) is 82.5 Å². The molecule has 2 N–H and O–H groups in total. The van der Waals surface area contributed by atoms with E-state index < -0.39 is 17.6 Å². The zero-order valence-corrected chi connectivity index (χ0v) is 22.2. The van der Waals surface area contributed by atoms with Crippen LogP contribution in [-0.2, 0) is 9.59 Å². The highest BCUT2D eigenvalue weighted by molar-refractivity contribution is 6.10. The van der Waals surface area contributed by atoms with Crippen LogP contribution >= 0.6 is 0 Å². The van der Waals surface area contributed by atoms with Crippen LogP contribution in [0.3, 0.4) is 0 Å². The van der Waals surface area contributed by atoms with E-state index in [1.54, 1.807) is 36.7 Å². The molecule has 1 heterocycles. The van der Waals surface area contributed by atoms with Gasteiger partial charge in [-0.3, -0.25) is 19.5 Å². The molecular formula is C33H31N3O3. The summed E-state index contributed by atoms with van der Waals surface area (Å²) < 4.78 is 0. The molecule has 0 bridgehead atoms. The van der Waals surface area contributed by atoms with Crippen molar-refractivity contribution in [3.63, 3.8) is 0 Å². The molecule has 2 atom stereocenters. The fourth-order valence-corrected chi connectivity index (χ4v) is 4.17. The number of carbonyl (C=O) groups excluding carboxylic acids is 2. The summed E-state index contributed by atoms with van der Waals surface area (Å²) in [5, 5.41) is 13.2. The van der Waals surface area contributed by atoms with Gasteiger partial charge in [0.1, 0.15) is 11.6 Å². The first-order valence-electron chi connectivity index (χ1n) is 12.7. The maximum atomic E-state index is 13.9. The Balaban J connectivity index is 1.78. The zero-order chi connectivity index (χ0) is 27.8. The number of anilines is 1. The first kappa shape index (κ1) is 27.3. The van der Waals surface area contributed by atoms with Crippen LogP contribution in [-0.4, -0.2) is 27.5 Å². The van der Waals surface area contributed by atoms with Gasteiger partial charge in [0.15, 0.2) is 0 Å². The van der Waals surface area contributed by atoms with Crippen LogP contribution in [0.15, 0.2) is 109 Å². The average Bonchev–Trinajstić information content (AvgIpc) is 2.95. The van der Waals surface area contributed by atoms with E-state index >= 15 is 0 Å². The van der Waals surface area contributed by atoms with Crippen LogP contribution in [0.4, 0.5) is 5.69 Å². The van der Waals surface area contributed by atoms with Crippen LogP contribution in [0.2, 0.25) is 0 Å². The van der Waals surface area contributed by atoms with Gasteiger partial charge in [0.05, 0.1) is 6.04 Å². The summed E-state index contributed by atoms with van der Waals surface area (Å²) in [4.78, 5) is 33.1. The lowest BCUT2D eigenvalue weighted by Gasteiger charge is -2.31. The Morgan fingerprint density at radius 3 is 2.03 bits per heavy atom. The second-order valence-electron chi connectivity index (χ2n) is 9.73. The van der Waals surface area contributed by atoms with Gasteiger partial charge in [-0.05, 0) is 61.6 Å². The summed E-state index contributed by atoms with van der Waals surface area (Å²) in [6.07, 6.45) is 3.18. The molecule has 4 aromatic rings. The van der Waals surface area contributed by atoms with Gasteiger partial charge in [-0.25, -0.2) is 0 Å². The van der Waals surface area contributed by atoms with Crippen molar-refractivity contribution < 1.29 is 14.7 Å². The minimum atomic E-state index is -1.38. The van der Waals surface area contributed by atoms with Crippen LogP contribution in [0, 0.1) is 11.8 Å². The van der Waals surface area contributed by atoms with Gasteiger partial charge in [-0.1, -0.05) is 84.8 Å². The lowest BCUT2D eigenvalue weighted by molar-refractivity contribution is -0.125. The number of nitrogens with one attached hydrogen (secondary N) is 1. The summed E-state index contributed by atoms with van der Waals surface area (Å²) in [6, 6.07) is 29.0. The number of hydrogen-bond acceptors (Lipinski definition) is 4. The molecule has 39 heavy (non-hydrogen) atoms. The lowest BCUT2D eigenvalue weighted by Crippen LogP contribution is -2.44. The van der Waals surface area contributed by atoms with E-state index in [9.17, 15) is 14.7 Å². The normalized spacial score (nSPS) is 12.4. The number of nitrogens with zero attached hydrogens (tertiary/aromatic N) is 2. The van der Waals surface area contributed by atoms with Crippen molar-refractivity contribution in [2.45, 2.75) is 38.5 Å². The molecule has 0 spiro atoms. The number of aromatic nitrogens is 1. The second kappa shape index (κ2) is 12.2. The summed E-state index contributed by atoms with van der Waals surface area (Å²) in [5.41, 5.74) is 2.56. The third kappa shape index (κ3) is 7.19. The van der Waals surface area contributed by atoms with Crippen molar-refractivity contribution in [1.82, 2.24) is 10.3 Å². The molecule has 1 aromatic heterocycles. The number of hydrogen-bond donors (Lipinski definition) is 2. The maximum Gasteiger partial charge on any atom is 0.304 e. The van der Waals surface area contributed by atoms with E-state index in [0.29, 0.717) is 11.3 Å². The average molecular weight is 518 g/mol. The number of aliphatic hydroxyl groups is 1. The summed E-state index contributed by atoms with van der Waals surface area (Å²) in [5.74, 6) is 4.12. The first-order valence-corrected chi connectivity index (χ1v) is 12.7. The predicted octanol–water partition coefficient (Wildman–Crippen LogP) is 5.47. The number of pyridine rings is 1. The molecule has 1 unspecified atom stereocenters. The van der Waals surface area contributed by atoms with Crippen molar-refractivity contribution in [2.75, 3.05) is 4.90 Å². The van der Waals surface area contributed by atoms with E-state index in [4.69, 9.17) is 0 Å². The van der Waals surface area contributed by atoms with Gasteiger partial charge < -0.3 is 10.4 Å². The van der Waals surface area contributed by atoms with Crippen molar-refractivity contribution in [1.29, 1.82) is 0 Å². The number of rotatable bonds is 7. The van der Waals surface area contributed by atoms with Crippen molar-refractivity contribution >= 4 is 17.5 Å². The zero-order valence-electron chi connectivity index (χ0n) is 22.2. The van der Waals surface area contributed by atoms with E-state index in [0.717, 1.165) is 16.7 Å². The van der Waals surface area contributed by atoms with Crippen LogP contribution < -0.4 is 10.2 Å². The van der Waals surface area contributed by atoms with Crippen molar-refractivity contribution in [2.24, 2.45) is 0 Å². The fraction of sp³-hybridized carbons (Fsp3) is 0.182. The summed E-state index contributed by atoms with van der Waals surface area (Å²) in [6.45, 7) is 4.89. The molecule has 6 heteroatoms. The van der Waals surface area contributed by atoms with Crippen LogP contribution in [0.25, 0.3) is 11.1 Å². The Hall–Kier alpha value is -4.73. The highest BCUT2D eigenvalue weighted by Crippen LogP contribution is 2.31. The molecule has 0 saturated heterocycles. The van der Waals surface area contributed by atoms with Crippen molar-refractivity contribution in [3.05, 3.63) is 121 Å². The van der Waals surface area contributed by atoms with Crippen LogP contribution in [0.5, 0.6) is 0 Å². The molecule has 0 aliphatic carbocycles. The molecule has 196 valence electrons. The third-order valence-corrected chi connectivity index (χ3v) is 6.11. The Kier molecular flexibility index (Phi) is 8.55. The minimum Gasteiger partial charge on any atom is -0.378 e. The lowest BCUT2D eigenvalue weighted by atomic mass is 10.0. The van der Waals surface area contributed by atoms with E-state index in [1.165, 1.54) is 18.7 Å². The van der Waals surface area contributed by atoms with Gasteiger partial charge >= 0.3 is 5.91 Å². The molecule has 6 nitrogen and oxygen atoms in total. The Morgan fingerprint density at radius 2 is 1.44 bits per heavy atom. The molecule has 0 radical (unpaired) electrons. The highest BCUT2D eigenvalue weighted by Gasteiger charge is 2.33. The summed E-state index contributed by atoms with van der Waals surface area (Å²) in [7, 11) is 0. The SMILES string of the molecule is C[C@H](NC(=O)C(c1cccnc1)N(C(=O)C#CC(C)(C)O)c1ccc(-c2ccccc2)cc1)c1ccccc1. The third-order valence-electron chi connectivity index (χ3n) is 6.11. The first-order chi connectivity index (χ1) is 18.7. The molecule has 2 amide bonds. The maximum absolute atomic E-state index is 13.9. The Labute approximate surface area is 229 Å². The molecule has 4 rings (SSSR count). The number of amides is 2. The molecule has 3 aromatic carbocycles. The largest absolute Gasteiger partial charge is 0.378 e. The quantitative estimate of drug-likeness (QED) is 0.318. The minimum absolute atomic E-state index is 0.308. The summed E-state index contributed by atoms with van der Waals surface area (Å²) >= 11 is 0. The number of carbonyl (C=O) groups is 2. The van der Waals surface area contributed by atoms with Gasteiger partial charge in [0.25, 0.3) is 0 Å². The van der Waals surface area contributed by atoms with Crippen molar-refractivity contribution in [3.8, 4) is 23.0 Å². The van der Waals surface area contributed by atoms with E-state index in [2.05, 4.69) is 22.1 Å². The Bertz CT molecular complexity index is 1450. The Morgan fingerprint density at radius 1 is 0.846 bits per heavy atom. The van der Waals surface area contributed by atoms with E-state index in [1.807, 2.05) is 79.7 Å².